The average molecular weight is 339 g/mol. The van der Waals surface area contributed by atoms with Gasteiger partial charge >= 0.3 is 0 Å². The third-order valence-corrected chi connectivity index (χ3v) is 4.63. The Hall–Kier alpha value is -2.53. The van der Waals surface area contributed by atoms with Gasteiger partial charge in [0.2, 0.25) is 0 Å². The molecule has 0 spiro atoms. The number of para-hydroxylation sites is 2. The number of benzene rings is 2. The van der Waals surface area contributed by atoms with Crippen LogP contribution in [0, 0.1) is 0 Å². The molecule has 132 valence electrons. The molecule has 0 bridgehead atoms. The first kappa shape index (κ1) is 17.3. The van der Waals surface area contributed by atoms with Gasteiger partial charge in [0.15, 0.2) is 0 Å². The average Bonchev–Trinajstić information content (AvgIpc) is 2.67. The van der Waals surface area contributed by atoms with E-state index >= 15 is 0 Å². The van der Waals surface area contributed by atoms with Gasteiger partial charge < -0.3 is 19.9 Å². The lowest BCUT2D eigenvalue weighted by molar-refractivity contribution is 0.0948. The minimum Gasteiger partial charge on any atom is -0.496 e. The monoisotopic (exact) mass is 339 g/mol. The largest absolute Gasteiger partial charge is 0.496 e. The quantitative estimate of drug-likeness (QED) is 0.908. The van der Waals surface area contributed by atoms with Crippen molar-refractivity contribution in [2.45, 2.75) is 6.54 Å². The second kappa shape index (κ2) is 8.03. The van der Waals surface area contributed by atoms with Gasteiger partial charge in [0.1, 0.15) is 5.75 Å². The highest BCUT2D eigenvalue weighted by Gasteiger charge is 2.17. The van der Waals surface area contributed by atoms with E-state index < -0.39 is 0 Å². The van der Waals surface area contributed by atoms with Crippen molar-refractivity contribution in [3.63, 3.8) is 0 Å². The van der Waals surface area contributed by atoms with E-state index in [2.05, 4.69) is 40.4 Å². The van der Waals surface area contributed by atoms with Crippen molar-refractivity contribution >= 4 is 11.6 Å². The van der Waals surface area contributed by atoms with Gasteiger partial charge in [-0.3, -0.25) is 4.79 Å². The zero-order chi connectivity index (χ0) is 17.6. The molecule has 0 aromatic heterocycles. The Morgan fingerprint density at radius 3 is 2.48 bits per heavy atom. The lowest BCUT2D eigenvalue weighted by Crippen LogP contribution is -2.45. The van der Waals surface area contributed by atoms with E-state index in [1.807, 2.05) is 18.2 Å². The van der Waals surface area contributed by atoms with E-state index in [0.29, 0.717) is 17.9 Å². The summed E-state index contributed by atoms with van der Waals surface area (Å²) in [7, 11) is 3.73. The SMILES string of the molecule is COc1ccccc1C(=O)NCc1ccccc1N1CCN(C)CC1. The molecule has 1 aliphatic heterocycles. The summed E-state index contributed by atoms with van der Waals surface area (Å²) in [6, 6.07) is 15.6. The third-order valence-electron chi connectivity index (χ3n) is 4.63. The van der Waals surface area contributed by atoms with Crippen LogP contribution in [0.1, 0.15) is 15.9 Å². The Labute approximate surface area is 149 Å². The minimum absolute atomic E-state index is 0.120. The smallest absolute Gasteiger partial charge is 0.255 e. The predicted octanol–water partition coefficient (Wildman–Crippen LogP) is 2.38. The zero-order valence-corrected chi connectivity index (χ0v) is 14.9. The van der Waals surface area contributed by atoms with Gasteiger partial charge in [-0.25, -0.2) is 0 Å². The number of nitrogens with zero attached hydrogens (tertiary/aromatic N) is 2. The topological polar surface area (TPSA) is 44.8 Å². The molecule has 1 amide bonds. The number of methoxy groups -OCH3 is 1. The van der Waals surface area contributed by atoms with Crippen molar-refractivity contribution in [2.24, 2.45) is 0 Å². The number of amides is 1. The Morgan fingerprint density at radius 1 is 1.04 bits per heavy atom. The maximum atomic E-state index is 12.5. The van der Waals surface area contributed by atoms with Gasteiger partial charge in [0, 0.05) is 38.4 Å². The minimum atomic E-state index is -0.120. The summed E-state index contributed by atoms with van der Waals surface area (Å²) in [5.74, 6) is 0.470. The highest BCUT2D eigenvalue weighted by atomic mass is 16.5. The molecule has 2 aromatic carbocycles. The molecule has 0 radical (unpaired) electrons. The van der Waals surface area contributed by atoms with Crippen molar-refractivity contribution in [3.8, 4) is 5.75 Å². The number of nitrogens with one attached hydrogen (secondary N) is 1. The Morgan fingerprint density at radius 2 is 1.72 bits per heavy atom. The van der Waals surface area contributed by atoms with Gasteiger partial charge in [0.25, 0.3) is 5.91 Å². The van der Waals surface area contributed by atoms with Crippen LogP contribution in [0.15, 0.2) is 48.5 Å². The zero-order valence-electron chi connectivity index (χ0n) is 14.9. The summed E-state index contributed by atoms with van der Waals surface area (Å²) in [5, 5.41) is 3.02. The second-order valence-electron chi connectivity index (χ2n) is 6.30. The first-order valence-electron chi connectivity index (χ1n) is 8.61. The molecule has 0 atom stereocenters. The van der Waals surface area contributed by atoms with Crippen LogP contribution in [0.5, 0.6) is 5.75 Å². The lowest BCUT2D eigenvalue weighted by Gasteiger charge is -2.35. The molecular weight excluding hydrogens is 314 g/mol. The van der Waals surface area contributed by atoms with Crippen LogP contribution in [-0.2, 0) is 6.54 Å². The van der Waals surface area contributed by atoms with Crippen LogP contribution in [0.3, 0.4) is 0 Å². The van der Waals surface area contributed by atoms with Gasteiger partial charge in [-0.15, -0.1) is 0 Å². The molecule has 0 aliphatic carbocycles. The van der Waals surface area contributed by atoms with Gasteiger partial charge in [-0.05, 0) is 30.8 Å². The molecule has 25 heavy (non-hydrogen) atoms. The third kappa shape index (κ3) is 4.12. The molecular formula is C20H25N3O2. The summed E-state index contributed by atoms with van der Waals surface area (Å²) in [6.07, 6.45) is 0. The van der Waals surface area contributed by atoms with Crippen molar-refractivity contribution in [2.75, 3.05) is 45.2 Å². The van der Waals surface area contributed by atoms with Crippen LogP contribution >= 0.6 is 0 Å². The van der Waals surface area contributed by atoms with E-state index in [1.54, 1.807) is 19.2 Å². The predicted molar refractivity (Wildman–Crippen MR) is 100 cm³/mol. The van der Waals surface area contributed by atoms with Crippen molar-refractivity contribution in [1.29, 1.82) is 0 Å². The second-order valence-corrected chi connectivity index (χ2v) is 6.30. The molecule has 0 saturated carbocycles. The molecule has 1 aliphatic rings. The fourth-order valence-electron chi connectivity index (χ4n) is 3.12. The normalized spacial score (nSPS) is 15.0. The molecule has 5 nitrogen and oxygen atoms in total. The number of hydrogen-bond acceptors (Lipinski definition) is 4. The van der Waals surface area contributed by atoms with Crippen LogP contribution in [0.2, 0.25) is 0 Å². The molecule has 0 unspecified atom stereocenters. The maximum Gasteiger partial charge on any atom is 0.255 e. The van der Waals surface area contributed by atoms with Crippen LogP contribution in [0.4, 0.5) is 5.69 Å². The van der Waals surface area contributed by atoms with E-state index in [4.69, 9.17) is 4.74 Å². The number of carbonyl (C=O) groups is 1. The number of piperazine rings is 1. The van der Waals surface area contributed by atoms with Gasteiger partial charge in [-0.2, -0.15) is 0 Å². The molecule has 3 rings (SSSR count). The Kier molecular flexibility index (Phi) is 5.56. The number of likely N-dealkylation sites (N-methyl/N-ethyl adjacent to an activating group) is 1. The standard InChI is InChI=1S/C20H25N3O2/c1-22-11-13-23(14-12-22)18-9-5-3-7-16(18)15-21-20(24)17-8-4-6-10-19(17)25-2/h3-10H,11-15H2,1-2H3,(H,21,24). The fraction of sp³-hybridized carbons (Fsp3) is 0.350. The van der Waals surface area contributed by atoms with Crippen molar-refractivity contribution in [1.82, 2.24) is 10.2 Å². The Bertz CT molecular complexity index is 724. The highest BCUT2D eigenvalue weighted by molar-refractivity contribution is 5.96. The van der Waals surface area contributed by atoms with Crippen molar-refractivity contribution in [3.05, 3.63) is 59.7 Å². The van der Waals surface area contributed by atoms with E-state index in [0.717, 1.165) is 31.7 Å². The summed E-state index contributed by atoms with van der Waals surface area (Å²) >= 11 is 0. The Balaban J connectivity index is 1.70. The highest BCUT2D eigenvalue weighted by Crippen LogP contribution is 2.22. The summed E-state index contributed by atoms with van der Waals surface area (Å²) in [4.78, 5) is 17.2. The lowest BCUT2D eigenvalue weighted by atomic mass is 10.1. The van der Waals surface area contributed by atoms with E-state index in [9.17, 15) is 4.79 Å². The van der Waals surface area contributed by atoms with Crippen LogP contribution in [-0.4, -0.2) is 51.1 Å². The first-order valence-corrected chi connectivity index (χ1v) is 8.61. The summed E-state index contributed by atoms with van der Waals surface area (Å²) < 4.78 is 5.27. The number of anilines is 1. The number of hydrogen-bond donors (Lipinski definition) is 1. The molecule has 1 N–H and O–H groups in total. The van der Waals surface area contributed by atoms with Crippen LogP contribution < -0.4 is 15.0 Å². The van der Waals surface area contributed by atoms with E-state index in [-0.39, 0.29) is 5.91 Å². The van der Waals surface area contributed by atoms with E-state index in [1.165, 1.54) is 5.69 Å². The maximum absolute atomic E-state index is 12.5. The fourth-order valence-corrected chi connectivity index (χ4v) is 3.12. The first-order chi connectivity index (χ1) is 12.2. The number of rotatable bonds is 5. The van der Waals surface area contributed by atoms with Crippen LogP contribution in [0.25, 0.3) is 0 Å². The molecule has 1 saturated heterocycles. The number of ether oxygens (including phenoxy) is 1. The molecule has 2 aromatic rings. The number of carbonyl (C=O) groups excluding carboxylic acids is 1. The van der Waals surface area contributed by atoms with Gasteiger partial charge in [-0.1, -0.05) is 30.3 Å². The van der Waals surface area contributed by atoms with Crippen molar-refractivity contribution < 1.29 is 9.53 Å². The molecule has 1 fully saturated rings. The van der Waals surface area contributed by atoms with Gasteiger partial charge in [0.05, 0.1) is 12.7 Å². The molecule has 1 heterocycles. The molecule has 5 heteroatoms. The summed E-state index contributed by atoms with van der Waals surface area (Å²) in [5.41, 5.74) is 2.90. The summed E-state index contributed by atoms with van der Waals surface area (Å²) in [6.45, 7) is 4.63.